The average molecular weight is 266 g/mol. The first-order valence-electron chi connectivity index (χ1n) is 6.38. The van der Waals surface area contributed by atoms with Gasteiger partial charge in [-0.25, -0.2) is 0 Å². The second-order valence-electron chi connectivity index (χ2n) is 4.83. The molecule has 104 valence electrons. The molecule has 0 unspecified atom stereocenters. The largest absolute Gasteiger partial charge is 0.395 e. The summed E-state index contributed by atoms with van der Waals surface area (Å²) in [6.45, 7) is 1.93. The van der Waals surface area contributed by atoms with E-state index in [1.807, 2.05) is 4.90 Å². The van der Waals surface area contributed by atoms with Gasteiger partial charge in [0.15, 0.2) is 0 Å². The zero-order valence-corrected chi connectivity index (χ0v) is 10.8. The highest BCUT2D eigenvalue weighted by molar-refractivity contribution is 5.65. The molecule has 6 heteroatoms. The number of rotatable bonds is 6. The Morgan fingerprint density at radius 1 is 1.53 bits per heavy atom. The zero-order chi connectivity index (χ0) is 14.0. The molecule has 1 aromatic rings. The van der Waals surface area contributed by atoms with Crippen molar-refractivity contribution in [1.29, 1.82) is 0 Å². The molecule has 0 heterocycles. The molecule has 0 aliphatic heterocycles. The molecule has 0 aromatic heterocycles. The standard InChI is InChI=1S/C13H18N2O4/c1-9(17)10-2-5-12(13(8-10)15(18)19)14(6-7-16)11-3-4-11/h2,5,8-9,11,16-17H,3-4,6-7H2,1H3/t9-/m1/s1. The fourth-order valence-corrected chi connectivity index (χ4v) is 2.18. The Balaban J connectivity index is 2.39. The van der Waals surface area contributed by atoms with Crippen LogP contribution in [-0.2, 0) is 0 Å². The van der Waals surface area contributed by atoms with Crippen molar-refractivity contribution in [1.82, 2.24) is 0 Å². The van der Waals surface area contributed by atoms with E-state index < -0.39 is 11.0 Å². The lowest BCUT2D eigenvalue weighted by Crippen LogP contribution is -2.29. The highest BCUT2D eigenvalue weighted by Gasteiger charge is 2.32. The van der Waals surface area contributed by atoms with Crippen LogP contribution in [0.1, 0.15) is 31.4 Å². The highest BCUT2D eigenvalue weighted by Crippen LogP contribution is 2.37. The van der Waals surface area contributed by atoms with Gasteiger partial charge in [0.1, 0.15) is 5.69 Å². The lowest BCUT2D eigenvalue weighted by atomic mass is 10.1. The van der Waals surface area contributed by atoms with Crippen molar-refractivity contribution in [3.8, 4) is 0 Å². The van der Waals surface area contributed by atoms with Crippen LogP contribution >= 0.6 is 0 Å². The molecule has 0 bridgehead atoms. The van der Waals surface area contributed by atoms with Crippen LogP contribution in [0, 0.1) is 10.1 Å². The summed E-state index contributed by atoms with van der Waals surface area (Å²) in [4.78, 5) is 12.6. The van der Waals surface area contributed by atoms with E-state index in [2.05, 4.69) is 0 Å². The van der Waals surface area contributed by atoms with Gasteiger partial charge < -0.3 is 15.1 Å². The van der Waals surface area contributed by atoms with Crippen LogP contribution in [0.3, 0.4) is 0 Å². The number of nitro benzene ring substituents is 1. The number of hydrogen-bond acceptors (Lipinski definition) is 5. The molecule has 0 spiro atoms. The van der Waals surface area contributed by atoms with Gasteiger partial charge in [0, 0.05) is 18.7 Å². The number of benzene rings is 1. The molecule has 1 fully saturated rings. The summed E-state index contributed by atoms with van der Waals surface area (Å²) in [5, 5.41) is 29.8. The Labute approximate surface area is 111 Å². The van der Waals surface area contributed by atoms with Gasteiger partial charge in [-0.15, -0.1) is 0 Å². The molecular weight excluding hydrogens is 248 g/mol. The molecule has 6 nitrogen and oxygen atoms in total. The first-order chi connectivity index (χ1) is 9.04. The van der Waals surface area contributed by atoms with E-state index in [0.29, 0.717) is 17.8 Å². The molecule has 0 radical (unpaired) electrons. The molecule has 2 rings (SSSR count). The Hall–Kier alpha value is -1.66. The average Bonchev–Trinajstić information content (AvgIpc) is 3.19. The third-order valence-electron chi connectivity index (χ3n) is 3.32. The molecule has 1 saturated carbocycles. The SMILES string of the molecule is C[C@@H](O)c1ccc(N(CCO)C2CC2)c([N+](=O)[O-])c1. The quantitative estimate of drug-likeness (QED) is 0.603. The number of anilines is 1. The molecule has 2 N–H and O–H groups in total. The molecule has 0 amide bonds. The molecule has 1 aliphatic carbocycles. The van der Waals surface area contributed by atoms with Gasteiger partial charge >= 0.3 is 0 Å². The lowest BCUT2D eigenvalue weighted by molar-refractivity contribution is -0.384. The maximum Gasteiger partial charge on any atom is 0.292 e. The van der Waals surface area contributed by atoms with Gasteiger partial charge in [-0.05, 0) is 31.4 Å². The predicted molar refractivity (Wildman–Crippen MR) is 71.2 cm³/mol. The van der Waals surface area contributed by atoms with Crippen LogP contribution in [0.4, 0.5) is 11.4 Å². The second kappa shape index (κ2) is 5.54. The fourth-order valence-electron chi connectivity index (χ4n) is 2.18. The number of aliphatic hydroxyl groups is 2. The lowest BCUT2D eigenvalue weighted by Gasteiger charge is -2.23. The Kier molecular flexibility index (Phi) is 4.01. The van der Waals surface area contributed by atoms with Crippen LogP contribution in [0.25, 0.3) is 0 Å². The molecule has 0 saturated heterocycles. The topological polar surface area (TPSA) is 86.8 Å². The van der Waals surface area contributed by atoms with Gasteiger partial charge in [-0.1, -0.05) is 6.07 Å². The van der Waals surface area contributed by atoms with Gasteiger partial charge in [0.2, 0.25) is 0 Å². The van der Waals surface area contributed by atoms with E-state index in [1.54, 1.807) is 19.1 Å². The predicted octanol–water partition coefficient (Wildman–Crippen LogP) is 1.61. The normalized spacial score (nSPS) is 16.2. The molecule has 1 atom stereocenters. The second-order valence-corrected chi connectivity index (χ2v) is 4.83. The van der Waals surface area contributed by atoms with Crippen molar-refractivity contribution in [3.05, 3.63) is 33.9 Å². The number of nitrogens with zero attached hydrogens (tertiary/aromatic N) is 2. The fraction of sp³-hybridized carbons (Fsp3) is 0.538. The van der Waals surface area contributed by atoms with Crippen LogP contribution in [0.15, 0.2) is 18.2 Å². The number of aliphatic hydroxyl groups excluding tert-OH is 2. The van der Waals surface area contributed by atoms with Crippen molar-refractivity contribution in [2.75, 3.05) is 18.1 Å². The summed E-state index contributed by atoms with van der Waals surface area (Å²) in [6, 6.07) is 5.05. The minimum atomic E-state index is -0.736. The smallest absolute Gasteiger partial charge is 0.292 e. The minimum absolute atomic E-state index is 0.0150. The monoisotopic (exact) mass is 266 g/mol. The van der Waals surface area contributed by atoms with Crippen molar-refractivity contribution in [2.24, 2.45) is 0 Å². The van der Waals surface area contributed by atoms with Crippen LogP contribution in [-0.4, -0.2) is 34.3 Å². The third-order valence-corrected chi connectivity index (χ3v) is 3.32. The Morgan fingerprint density at radius 3 is 2.68 bits per heavy atom. The molecule has 19 heavy (non-hydrogen) atoms. The Bertz CT molecular complexity index is 472. The van der Waals surface area contributed by atoms with Crippen LogP contribution in [0.5, 0.6) is 0 Å². The summed E-state index contributed by atoms with van der Waals surface area (Å²) < 4.78 is 0. The summed E-state index contributed by atoms with van der Waals surface area (Å²) in [7, 11) is 0. The van der Waals surface area contributed by atoms with E-state index in [0.717, 1.165) is 12.8 Å². The van der Waals surface area contributed by atoms with Gasteiger partial charge in [0.05, 0.1) is 17.6 Å². The van der Waals surface area contributed by atoms with Crippen molar-refractivity contribution in [2.45, 2.75) is 31.9 Å². The minimum Gasteiger partial charge on any atom is -0.395 e. The first-order valence-corrected chi connectivity index (χ1v) is 6.38. The van der Waals surface area contributed by atoms with Gasteiger partial charge in [-0.3, -0.25) is 10.1 Å². The summed E-state index contributed by atoms with van der Waals surface area (Å²) in [6.07, 6.45) is 1.25. The van der Waals surface area contributed by atoms with E-state index in [9.17, 15) is 15.2 Å². The number of hydrogen-bond donors (Lipinski definition) is 2. The highest BCUT2D eigenvalue weighted by atomic mass is 16.6. The summed E-state index contributed by atoms with van der Waals surface area (Å²) in [5.74, 6) is 0. The van der Waals surface area contributed by atoms with Crippen molar-refractivity contribution >= 4 is 11.4 Å². The summed E-state index contributed by atoms with van der Waals surface area (Å²) >= 11 is 0. The first kappa shape index (κ1) is 13.8. The van der Waals surface area contributed by atoms with E-state index >= 15 is 0 Å². The third kappa shape index (κ3) is 3.02. The molecular formula is C13H18N2O4. The van der Waals surface area contributed by atoms with E-state index in [4.69, 9.17) is 5.11 Å². The van der Waals surface area contributed by atoms with Crippen LogP contribution in [0.2, 0.25) is 0 Å². The van der Waals surface area contributed by atoms with Gasteiger partial charge in [0.25, 0.3) is 5.69 Å². The maximum absolute atomic E-state index is 11.2. The van der Waals surface area contributed by atoms with E-state index in [-0.39, 0.29) is 18.3 Å². The van der Waals surface area contributed by atoms with Crippen molar-refractivity contribution < 1.29 is 15.1 Å². The van der Waals surface area contributed by atoms with Gasteiger partial charge in [-0.2, -0.15) is 0 Å². The summed E-state index contributed by atoms with van der Waals surface area (Å²) in [5.41, 5.74) is 1.03. The zero-order valence-electron chi connectivity index (χ0n) is 10.8. The number of nitro groups is 1. The van der Waals surface area contributed by atoms with Crippen molar-refractivity contribution in [3.63, 3.8) is 0 Å². The maximum atomic E-state index is 11.2. The van der Waals surface area contributed by atoms with Crippen LogP contribution < -0.4 is 4.90 Å². The molecule has 1 aromatic carbocycles. The van der Waals surface area contributed by atoms with E-state index in [1.165, 1.54) is 6.07 Å². The molecule has 1 aliphatic rings. The Morgan fingerprint density at radius 2 is 2.21 bits per heavy atom.